The van der Waals surface area contributed by atoms with Gasteiger partial charge in [-0.15, -0.1) is 10.2 Å². The second-order valence-corrected chi connectivity index (χ2v) is 7.92. The van der Waals surface area contributed by atoms with Crippen molar-refractivity contribution >= 4 is 11.7 Å². The van der Waals surface area contributed by atoms with Crippen molar-refractivity contribution < 1.29 is 32.5 Å². The maximum atomic E-state index is 13.7. The van der Waals surface area contributed by atoms with Gasteiger partial charge in [0, 0.05) is 37.8 Å². The summed E-state index contributed by atoms with van der Waals surface area (Å²) < 4.78 is 48.1. The molecule has 1 aliphatic heterocycles. The molecule has 0 unspecified atom stereocenters. The van der Waals surface area contributed by atoms with Crippen LogP contribution in [0.3, 0.4) is 0 Å². The van der Waals surface area contributed by atoms with Crippen molar-refractivity contribution in [2.45, 2.75) is 0 Å². The van der Waals surface area contributed by atoms with Gasteiger partial charge in [-0.25, -0.2) is 8.78 Å². The Hall–Kier alpha value is -4.15. The lowest BCUT2D eigenvalue weighted by Gasteiger charge is -2.35. The van der Waals surface area contributed by atoms with Crippen LogP contribution in [0.2, 0.25) is 0 Å². The Morgan fingerprint density at radius 3 is 2.11 bits per heavy atom. The van der Waals surface area contributed by atoms with Crippen molar-refractivity contribution in [3.05, 3.63) is 54.1 Å². The molecule has 3 aromatic rings. The van der Waals surface area contributed by atoms with Gasteiger partial charge in [0.25, 0.3) is 5.91 Å². The fraction of sp³-hybridized carbons (Fsp3) is 0.320. The van der Waals surface area contributed by atoms with Gasteiger partial charge in [-0.05, 0) is 36.4 Å². The van der Waals surface area contributed by atoms with E-state index in [1.54, 1.807) is 38.4 Å². The number of rotatable bonds is 8. The summed E-state index contributed by atoms with van der Waals surface area (Å²) in [6.45, 7) is 1.67. The van der Waals surface area contributed by atoms with Crippen molar-refractivity contribution in [1.82, 2.24) is 15.1 Å². The number of hydrogen-bond donors (Lipinski definition) is 0. The topological polar surface area (TPSA) is 86.3 Å². The fourth-order valence-electron chi connectivity index (χ4n) is 3.88. The molecular formula is C25H26F2N4O5. The molecule has 36 heavy (non-hydrogen) atoms. The largest absolute Gasteiger partial charge is 0.493 e. The summed E-state index contributed by atoms with van der Waals surface area (Å²) in [4.78, 5) is 16.1. The number of piperazine rings is 1. The number of amides is 1. The Bertz CT molecular complexity index is 1190. The zero-order valence-electron chi connectivity index (χ0n) is 20.2. The molecule has 0 atom stereocenters. The van der Waals surface area contributed by atoms with E-state index in [0.29, 0.717) is 61.0 Å². The van der Waals surface area contributed by atoms with Gasteiger partial charge in [-0.1, -0.05) is 0 Å². The molecule has 0 radical (unpaired) electrons. The number of halogens is 2. The smallest absolute Gasteiger partial charge is 0.260 e. The van der Waals surface area contributed by atoms with Crippen LogP contribution in [-0.4, -0.2) is 75.1 Å². The normalized spacial score (nSPS) is 13.4. The Balaban J connectivity index is 1.35. The van der Waals surface area contributed by atoms with E-state index < -0.39 is 11.6 Å². The lowest BCUT2D eigenvalue weighted by molar-refractivity contribution is -0.133. The summed E-state index contributed by atoms with van der Waals surface area (Å²) in [6, 6.07) is 10.3. The van der Waals surface area contributed by atoms with E-state index in [4.69, 9.17) is 18.9 Å². The lowest BCUT2D eigenvalue weighted by atomic mass is 10.1. The predicted molar refractivity (Wildman–Crippen MR) is 128 cm³/mol. The van der Waals surface area contributed by atoms with Gasteiger partial charge in [0.15, 0.2) is 35.5 Å². The molecule has 2 heterocycles. The fourth-order valence-corrected chi connectivity index (χ4v) is 3.88. The van der Waals surface area contributed by atoms with Gasteiger partial charge in [0.05, 0.1) is 27.0 Å². The zero-order valence-corrected chi connectivity index (χ0v) is 20.2. The Labute approximate surface area is 207 Å². The maximum absolute atomic E-state index is 13.7. The quantitative estimate of drug-likeness (QED) is 0.466. The van der Waals surface area contributed by atoms with E-state index in [9.17, 15) is 13.6 Å². The van der Waals surface area contributed by atoms with Gasteiger partial charge in [0.1, 0.15) is 5.82 Å². The van der Waals surface area contributed by atoms with Crippen LogP contribution in [-0.2, 0) is 4.79 Å². The van der Waals surface area contributed by atoms with Gasteiger partial charge in [-0.3, -0.25) is 4.79 Å². The molecule has 11 heteroatoms. The summed E-state index contributed by atoms with van der Waals surface area (Å²) in [6.07, 6.45) is 0. The number of benzene rings is 2. The zero-order chi connectivity index (χ0) is 25.7. The number of carbonyl (C=O) groups is 1. The third-order valence-corrected chi connectivity index (χ3v) is 5.81. The first-order valence-corrected chi connectivity index (χ1v) is 11.2. The van der Waals surface area contributed by atoms with Crippen LogP contribution in [0.5, 0.6) is 23.0 Å². The molecule has 1 amide bonds. The third kappa shape index (κ3) is 5.40. The minimum absolute atomic E-state index is 0.161. The molecule has 0 N–H and O–H groups in total. The van der Waals surface area contributed by atoms with E-state index in [-0.39, 0.29) is 18.3 Å². The molecular weight excluding hydrogens is 474 g/mol. The highest BCUT2D eigenvalue weighted by molar-refractivity contribution is 5.78. The monoisotopic (exact) mass is 500 g/mol. The molecule has 0 saturated carbocycles. The van der Waals surface area contributed by atoms with Crippen molar-refractivity contribution in [1.29, 1.82) is 0 Å². The molecule has 2 aromatic carbocycles. The minimum Gasteiger partial charge on any atom is -0.493 e. The first-order chi connectivity index (χ1) is 17.4. The van der Waals surface area contributed by atoms with Crippen molar-refractivity contribution in [2.75, 3.05) is 59.0 Å². The summed E-state index contributed by atoms with van der Waals surface area (Å²) >= 11 is 0. The van der Waals surface area contributed by atoms with Crippen LogP contribution in [0.1, 0.15) is 0 Å². The second-order valence-electron chi connectivity index (χ2n) is 7.92. The molecule has 1 aromatic heterocycles. The van der Waals surface area contributed by atoms with Crippen LogP contribution in [0.15, 0.2) is 42.5 Å². The van der Waals surface area contributed by atoms with E-state index in [1.807, 2.05) is 17.0 Å². The van der Waals surface area contributed by atoms with Gasteiger partial charge >= 0.3 is 0 Å². The minimum atomic E-state index is -0.846. The number of ether oxygens (including phenoxy) is 4. The Morgan fingerprint density at radius 1 is 0.861 bits per heavy atom. The van der Waals surface area contributed by atoms with Crippen LogP contribution in [0, 0.1) is 11.6 Å². The molecule has 1 aliphatic rings. The highest BCUT2D eigenvalue weighted by Gasteiger charge is 2.23. The van der Waals surface area contributed by atoms with Crippen molar-refractivity contribution in [3.8, 4) is 34.3 Å². The molecule has 0 spiro atoms. The lowest BCUT2D eigenvalue weighted by Crippen LogP contribution is -2.50. The summed E-state index contributed by atoms with van der Waals surface area (Å²) in [7, 11) is 4.64. The standard InChI is InChI=1S/C25H26F2N4O5/c1-33-21-12-16(13-22(34-2)25(21)35-3)19-5-7-23(29-28-19)30-8-10-31(11-9-30)24(32)15-36-20-6-4-17(26)14-18(20)27/h4-7,12-14H,8-11,15H2,1-3H3. The Morgan fingerprint density at radius 2 is 1.56 bits per heavy atom. The maximum Gasteiger partial charge on any atom is 0.260 e. The predicted octanol–water partition coefficient (Wildman–Crippen LogP) is 3.18. The summed E-state index contributed by atoms with van der Waals surface area (Å²) in [5.41, 5.74) is 1.40. The van der Waals surface area contributed by atoms with Crippen LogP contribution in [0.4, 0.5) is 14.6 Å². The molecule has 0 bridgehead atoms. The SMILES string of the molecule is COc1cc(-c2ccc(N3CCN(C(=O)COc4ccc(F)cc4F)CC3)nn2)cc(OC)c1OC. The van der Waals surface area contributed by atoms with Gasteiger partial charge in [-0.2, -0.15) is 0 Å². The van der Waals surface area contributed by atoms with E-state index in [2.05, 4.69) is 10.2 Å². The molecule has 1 fully saturated rings. The van der Waals surface area contributed by atoms with E-state index in [1.165, 1.54) is 0 Å². The average molecular weight is 501 g/mol. The highest BCUT2D eigenvalue weighted by atomic mass is 19.1. The number of anilines is 1. The molecule has 1 saturated heterocycles. The molecule has 9 nitrogen and oxygen atoms in total. The number of aromatic nitrogens is 2. The Kier molecular flexibility index (Phi) is 7.67. The molecule has 0 aliphatic carbocycles. The second kappa shape index (κ2) is 11.1. The van der Waals surface area contributed by atoms with Crippen LogP contribution >= 0.6 is 0 Å². The van der Waals surface area contributed by atoms with Crippen molar-refractivity contribution in [3.63, 3.8) is 0 Å². The first-order valence-electron chi connectivity index (χ1n) is 11.2. The van der Waals surface area contributed by atoms with E-state index >= 15 is 0 Å². The van der Waals surface area contributed by atoms with Gasteiger partial charge in [0.2, 0.25) is 5.75 Å². The highest BCUT2D eigenvalue weighted by Crippen LogP contribution is 2.40. The van der Waals surface area contributed by atoms with Gasteiger partial charge < -0.3 is 28.7 Å². The third-order valence-electron chi connectivity index (χ3n) is 5.81. The molecule has 190 valence electrons. The number of methoxy groups -OCH3 is 3. The summed E-state index contributed by atoms with van der Waals surface area (Å²) in [5.74, 6) is 0.224. The van der Waals surface area contributed by atoms with Crippen molar-refractivity contribution in [2.24, 2.45) is 0 Å². The number of carbonyl (C=O) groups excluding carboxylic acids is 1. The molecule has 4 rings (SSSR count). The number of nitrogens with zero attached hydrogens (tertiary/aromatic N) is 4. The van der Waals surface area contributed by atoms with E-state index in [0.717, 1.165) is 17.7 Å². The number of hydrogen-bond acceptors (Lipinski definition) is 8. The van der Waals surface area contributed by atoms with Crippen LogP contribution < -0.4 is 23.8 Å². The average Bonchev–Trinajstić information content (AvgIpc) is 2.91. The van der Waals surface area contributed by atoms with Crippen LogP contribution in [0.25, 0.3) is 11.3 Å². The first kappa shape index (κ1) is 25.0. The summed E-state index contributed by atoms with van der Waals surface area (Å²) in [5, 5.41) is 8.71.